The molecule has 0 bridgehead atoms. The van der Waals surface area contributed by atoms with Gasteiger partial charge in [0.2, 0.25) is 5.91 Å². The summed E-state index contributed by atoms with van der Waals surface area (Å²) in [5.74, 6) is 3.18. The first-order chi connectivity index (χ1) is 11.7. The molecule has 24 heavy (non-hydrogen) atoms. The van der Waals surface area contributed by atoms with Gasteiger partial charge in [0, 0.05) is 12.1 Å². The normalized spacial score (nSPS) is 10.3. The molecule has 120 valence electrons. The predicted molar refractivity (Wildman–Crippen MR) is 97.3 cm³/mol. The number of carbonyl (C=O) groups excluding carboxylic acids is 1. The Morgan fingerprint density at radius 2 is 2.21 bits per heavy atom. The van der Waals surface area contributed by atoms with Gasteiger partial charge in [0.15, 0.2) is 0 Å². The number of benzene rings is 2. The topological polar surface area (TPSA) is 51.2 Å². The Hall–Kier alpha value is -2.84. The second-order valence-electron chi connectivity index (χ2n) is 5.21. The highest BCUT2D eigenvalue weighted by Crippen LogP contribution is 2.22. The number of aromatic nitrogens is 1. The molecule has 0 saturated heterocycles. The molecule has 1 heterocycles. The lowest BCUT2D eigenvalue weighted by atomic mass is 10.1. The zero-order chi connectivity index (χ0) is 16.8. The van der Waals surface area contributed by atoms with Crippen LogP contribution in [0.1, 0.15) is 12.0 Å². The van der Waals surface area contributed by atoms with Crippen LogP contribution in [0, 0.1) is 12.3 Å². The molecule has 0 radical (unpaired) electrons. The summed E-state index contributed by atoms with van der Waals surface area (Å²) in [6.45, 7) is 0.473. The van der Waals surface area contributed by atoms with Crippen LogP contribution in [0.25, 0.3) is 10.2 Å². The number of terminal acetylenes is 1. The van der Waals surface area contributed by atoms with Crippen LogP contribution in [0.3, 0.4) is 0 Å². The smallest absolute Gasteiger partial charge is 0.228 e. The van der Waals surface area contributed by atoms with Crippen molar-refractivity contribution < 1.29 is 9.53 Å². The summed E-state index contributed by atoms with van der Waals surface area (Å²) >= 11 is 1.55. The average Bonchev–Trinajstić information content (AvgIpc) is 3.03. The fraction of sp³-hybridized carbons (Fsp3) is 0.158. The minimum Gasteiger partial charge on any atom is -0.493 e. The van der Waals surface area contributed by atoms with E-state index in [4.69, 9.17) is 11.2 Å². The van der Waals surface area contributed by atoms with E-state index in [2.05, 4.69) is 16.2 Å². The molecule has 3 aromatic rings. The Morgan fingerprint density at radius 1 is 1.29 bits per heavy atom. The van der Waals surface area contributed by atoms with Crippen molar-refractivity contribution in [3.8, 4) is 18.1 Å². The molecule has 0 aliphatic heterocycles. The second-order valence-corrected chi connectivity index (χ2v) is 6.10. The number of hydrogen-bond donors (Lipinski definition) is 1. The van der Waals surface area contributed by atoms with Gasteiger partial charge in [-0.3, -0.25) is 4.79 Å². The van der Waals surface area contributed by atoms with Crippen LogP contribution in [0.15, 0.2) is 48.0 Å². The number of anilines is 1. The molecule has 0 spiro atoms. The van der Waals surface area contributed by atoms with Crippen molar-refractivity contribution in [2.24, 2.45) is 0 Å². The van der Waals surface area contributed by atoms with Gasteiger partial charge < -0.3 is 10.1 Å². The molecule has 4 nitrogen and oxygen atoms in total. The Bertz CT molecular complexity index is 896. The highest BCUT2D eigenvalue weighted by atomic mass is 32.1. The van der Waals surface area contributed by atoms with Gasteiger partial charge in [-0.25, -0.2) is 4.98 Å². The number of rotatable bonds is 6. The van der Waals surface area contributed by atoms with E-state index >= 15 is 0 Å². The van der Waals surface area contributed by atoms with Gasteiger partial charge >= 0.3 is 0 Å². The summed E-state index contributed by atoms with van der Waals surface area (Å²) in [4.78, 5) is 16.5. The first kappa shape index (κ1) is 16.0. The van der Waals surface area contributed by atoms with Crippen LogP contribution >= 0.6 is 11.3 Å². The summed E-state index contributed by atoms with van der Waals surface area (Å²) in [5.41, 5.74) is 4.40. The highest BCUT2D eigenvalue weighted by molar-refractivity contribution is 7.16. The maximum absolute atomic E-state index is 12.2. The molecule has 0 unspecified atom stereocenters. The number of ether oxygens (including phenoxy) is 1. The molecule has 1 N–H and O–H groups in total. The van der Waals surface area contributed by atoms with Crippen molar-refractivity contribution in [1.82, 2.24) is 4.98 Å². The fourth-order valence-corrected chi connectivity index (χ4v) is 3.01. The van der Waals surface area contributed by atoms with Crippen molar-refractivity contribution in [2.45, 2.75) is 12.8 Å². The summed E-state index contributed by atoms with van der Waals surface area (Å²) in [6.07, 6.45) is 6.05. The standard InChI is InChI=1S/C19H16N2O2S/c1-2-3-9-23-16-6-4-5-14(10-16)11-19(22)21-15-7-8-17-18(12-15)24-13-20-17/h1,4-8,10,12-13H,3,9,11H2,(H,21,22). The Labute approximate surface area is 144 Å². The van der Waals surface area contributed by atoms with Gasteiger partial charge in [0.25, 0.3) is 0 Å². The van der Waals surface area contributed by atoms with E-state index in [0.29, 0.717) is 13.0 Å². The highest BCUT2D eigenvalue weighted by Gasteiger charge is 2.06. The van der Waals surface area contributed by atoms with E-state index in [1.807, 2.05) is 42.5 Å². The Balaban J connectivity index is 1.61. The quantitative estimate of drug-likeness (QED) is 0.549. The van der Waals surface area contributed by atoms with Gasteiger partial charge in [-0.15, -0.1) is 23.7 Å². The van der Waals surface area contributed by atoms with Gasteiger partial charge in [-0.2, -0.15) is 0 Å². The molecule has 1 aromatic heterocycles. The lowest BCUT2D eigenvalue weighted by molar-refractivity contribution is -0.115. The number of amides is 1. The first-order valence-corrected chi connectivity index (χ1v) is 8.41. The lowest BCUT2D eigenvalue weighted by Gasteiger charge is -2.08. The van der Waals surface area contributed by atoms with Crippen LogP contribution in [0.2, 0.25) is 0 Å². The minimum absolute atomic E-state index is 0.0698. The van der Waals surface area contributed by atoms with Crippen molar-refractivity contribution in [3.63, 3.8) is 0 Å². The lowest BCUT2D eigenvalue weighted by Crippen LogP contribution is -2.14. The molecule has 5 heteroatoms. The molecule has 0 saturated carbocycles. The number of nitrogens with one attached hydrogen (secondary N) is 1. The Kier molecular flexibility index (Phi) is 5.09. The van der Waals surface area contributed by atoms with Crippen LogP contribution in [-0.2, 0) is 11.2 Å². The molecular weight excluding hydrogens is 320 g/mol. The summed E-state index contributed by atoms with van der Waals surface area (Å²) < 4.78 is 6.60. The van der Waals surface area contributed by atoms with E-state index in [1.54, 1.807) is 16.8 Å². The SMILES string of the molecule is C#CCCOc1cccc(CC(=O)Nc2ccc3ncsc3c2)c1. The van der Waals surface area contributed by atoms with Gasteiger partial charge in [-0.05, 0) is 35.9 Å². The maximum Gasteiger partial charge on any atom is 0.228 e. The molecule has 1 amide bonds. The zero-order valence-corrected chi connectivity index (χ0v) is 13.8. The number of hydrogen-bond acceptors (Lipinski definition) is 4. The molecular formula is C19H16N2O2S. The van der Waals surface area contributed by atoms with Crippen molar-refractivity contribution in [2.75, 3.05) is 11.9 Å². The van der Waals surface area contributed by atoms with E-state index < -0.39 is 0 Å². The van der Waals surface area contributed by atoms with E-state index in [-0.39, 0.29) is 12.3 Å². The van der Waals surface area contributed by atoms with Crippen LogP contribution in [0.5, 0.6) is 5.75 Å². The van der Waals surface area contributed by atoms with E-state index in [0.717, 1.165) is 27.2 Å². The molecule has 0 fully saturated rings. The van der Waals surface area contributed by atoms with E-state index in [9.17, 15) is 4.79 Å². The molecule has 0 aliphatic rings. The van der Waals surface area contributed by atoms with Gasteiger partial charge in [0.05, 0.1) is 28.8 Å². The Morgan fingerprint density at radius 3 is 3.08 bits per heavy atom. The van der Waals surface area contributed by atoms with E-state index in [1.165, 1.54) is 0 Å². The third-order valence-corrected chi connectivity index (χ3v) is 4.19. The van der Waals surface area contributed by atoms with Crippen LogP contribution < -0.4 is 10.1 Å². The molecule has 0 atom stereocenters. The monoisotopic (exact) mass is 336 g/mol. The molecule has 0 aliphatic carbocycles. The summed E-state index contributed by atoms with van der Waals surface area (Å²) in [5, 5.41) is 2.92. The summed E-state index contributed by atoms with van der Waals surface area (Å²) in [7, 11) is 0. The van der Waals surface area contributed by atoms with Crippen molar-refractivity contribution >= 4 is 33.1 Å². The average molecular weight is 336 g/mol. The van der Waals surface area contributed by atoms with Crippen LogP contribution in [0.4, 0.5) is 5.69 Å². The van der Waals surface area contributed by atoms with Crippen molar-refractivity contribution in [3.05, 3.63) is 53.5 Å². The third-order valence-electron chi connectivity index (χ3n) is 3.39. The molecule has 3 rings (SSSR count). The minimum atomic E-state index is -0.0698. The predicted octanol–water partition coefficient (Wildman–Crippen LogP) is 3.88. The van der Waals surface area contributed by atoms with Crippen LogP contribution in [-0.4, -0.2) is 17.5 Å². The number of thiazole rings is 1. The molecule has 2 aromatic carbocycles. The zero-order valence-electron chi connectivity index (χ0n) is 13.0. The van der Waals surface area contributed by atoms with Gasteiger partial charge in [0.1, 0.15) is 5.75 Å². The number of nitrogens with zero attached hydrogens (tertiary/aromatic N) is 1. The van der Waals surface area contributed by atoms with Gasteiger partial charge in [-0.1, -0.05) is 12.1 Å². The first-order valence-electron chi connectivity index (χ1n) is 7.53. The second kappa shape index (κ2) is 7.62. The fourth-order valence-electron chi connectivity index (χ4n) is 2.30. The van der Waals surface area contributed by atoms with Crippen molar-refractivity contribution in [1.29, 1.82) is 0 Å². The number of fused-ring (bicyclic) bond motifs is 1. The maximum atomic E-state index is 12.2. The third kappa shape index (κ3) is 4.12. The number of carbonyl (C=O) groups is 1. The largest absolute Gasteiger partial charge is 0.493 e. The summed E-state index contributed by atoms with van der Waals surface area (Å²) in [6, 6.07) is 13.2.